The molecule has 2 fully saturated rings. The molecule has 1 aromatic heterocycles. The fourth-order valence-corrected chi connectivity index (χ4v) is 6.07. The zero-order chi connectivity index (χ0) is 23.7. The molecule has 1 aromatic carbocycles. The van der Waals surface area contributed by atoms with Crippen molar-refractivity contribution in [2.24, 2.45) is 10.9 Å². The maximum Gasteiger partial charge on any atom is 0.338 e. The number of thiazole rings is 1. The van der Waals surface area contributed by atoms with Crippen LogP contribution in [0.1, 0.15) is 30.0 Å². The molecule has 7 nitrogen and oxygen atoms in total. The summed E-state index contributed by atoms with van der Waals surface area (Å²) in [6, 6.07) is 3.88. The lowest BCUT2D eigenvalue weighted by molar-refractivity contribution is -0.139. The van der Waals surface area contributed by atoms with Gasteiger partial charge in [0.25, 0.3) is 0 Å². The second-order valence-electron chi connectivity index (χ2n) is 8.53. The molecule has 2 atom stereocenters. The molecule has 0 amide bonds. The summed E-state index contributed by atoms with van der Waals surface area (Å²) in [4.78, 5) is 27.4. The Morgan fingerprint density at radius 3 is 2.88 bits per heavy atom. The van der Waals surface area contributed by atoms with E-state index in [-0.39, 0.29) is 18.4 Å². The number of aromatic nitrogens is 1. The highest BCUT2D eigenvalue weighted by molar-refractivity contribution is 9.10. The van der Waals surface area contributed by atoms with Crippen LogP contribution in [0.25, 0.3) is 0 Å². The molecule has 0 spiro atoms. The average Bonchev–Trinajstić information content (AvgIpc) is 3.49. The average molecular weight is 549 g/mol. The Labute approximate surface area is 210 Å². The molecule has 3 aliphatic rings. The van der Waals surface area contributed by atoms with Gasteiger partial charge in [-0.3, -0.25) is 9.89 Å². The molecule has 4 heterocycles. The van der Waals surface area contributed by atoms with E-state index in [1.165, 1.54) is 23.5 Å². The number of carbonyl (C=O) groups excluding carboxylic acids is 1. The monoisotopic (exact) mass is 548 g/mol. The van der Waals surface area contributed by atoms with Gasteiger partial charge in [-0.25, -0.2) is 14.2 Å². The van der Waals surface area contributed by atoms with Gasteiger partial charge in [0.05, 0.1) is 25.4 Å². The standard InChI is InChI=1S/C24H26BrFN4O3S/c1-2-33-24(31)20-19-11-15(13-29-6-8-32-9-7-29)14-30(19)22(23-27-5-10-34-23)28-21(20)17-4-3-16(26)12-18(17)25/h3-5,10,12,15,21H,2,6-9,11,13-14H2,1H3/t15?,21-/m0/s1. The highest BCUT2D eigenvalue weighted by atomic mass is 79.9. The van der Waals surface area contributed by atoms with E-state index in [9.17, 15) is 9.18 Å². The van der Waals surface area contributed by atoms with Gasteiger partial charge in [-0.05, 0) is 37.0 Å². The van der Waals surface area contributed by atoms with E-state index in [4.69, 9.17) is 14.5 Å². The number of nitrogens with zero attached hydrogens (tertiary/aromatic N) is 4. The van der Waals surface area contributed by atoms with Crippen molar-refractivity contribution in [1.82, 2.24) is 14.8 Å². The summed E-state index contributed by atoms with van der Waals surface area (Å²) in [6.07, 6.45) is 2.50. The second-order valence-corrected chi connectivity index (χ2v) is 10.3. The number of aliphatic imine (C=N–C) groups is 1. The SMILES string of the molecule is CCOC(=O)C1=C2CC(CN3CCOCC3)CN2C(c2nccs2)=N[C@H]1c1ccc(F)cc1Br. The third kappa shape index (κ3) is 4.68. The van der Waals surface area contributed by atoms with Crippen LogP contribution in [-0.2, 0) is 14.3 Å². The van der Waals surface area contributed by atoms with Crippen LogP contribution in [0.4, 0.5) is 4.39 Å². The van der Waals surface area contributed by atoms with Gasteiger partial charge in [-0.1, -0.05) is 22.0 Å². The number of carbonyl (C=O) groups is 1. The number of amidine groups is 1. The van der Waals surface area contributed by atoms with E-state index >= 15 is 0 Å². The predicted molar refractivity (Wildman–Crippen MR) is 131 cm³/mol. The molecule has 1 unspecified atom stereocenters. The van der Waals surface area contributed by atoms with E-state index < -0.39 is 6.04 Å². The Morgan fingerprint density at radius 2 is 2.18 bits per heavy atom. The van der Waals surface area contributed by atoms with Gasteiger partial charge in [-0.2, -0.15) is 0 Å². The van der Waals surface area contributed by atoms with Crippen LogP contribution in [-0.4, -0.2) is 72.6 Å². The number of fused-ring (bicyclic) bond motifs is 1. The quantitative estimate of drug-likeness (QED) is 0.508. The van der Waals surface area contributed by atoms with Gasteiger partial charge in [-0.15, -0.1) is 11.3 Å². The first-order chi connectivity index (χ1) is 16.5. The molecule has 0 radical (unpaired) electrons. The van der Waals surface area contributed by atoms with E-state index in [1.54, 1.807) is 19.2 Å². The fraction of sp³-hybridized carbons (Fsp3) is 0.458. The van der Waals surface area contributed by atoms with E-state index in [0.717, 1.165) is 67.9 Å². The number of hydrogen-bond acceptors (Lipinski definition) is 8. The van der Waals surface area contributed by atoms with Crippen molar-refractivity contribution in [3.05, 3.63) is 61.9 Å². The zero-order valence-corrected chi connectivity index (χ0v) is 21.3. The lowest BCUT2D eigenvalue weighted by Gasteiger charge is -2.32. The van der Waals surface area contributed by atoms with Crippen LogP contribution < -0.4 is 0 Å². The number of benzene rings is 1. The summed E-state index contributed by atoms with van der Waals surface area (Å²) in [5, 5.41) is 2.72. The van der Waals surface area contributed by atoms with Crippen LogP contribution >= 0.6 is 27.3 Å². The minimum Gasteiger partial charge on any atom is -0.463 e. The van der Waals surface area contributed by atoms with Crippen LogP contribution in [0.15, 0.2) is 50.5 Å². The molecule has 0 saturated carbocycles. The van der Waals surface area contributed by atoms with Crippen LogP contribution in [0.3, 0.4) is 0 Å². The lowest BCUT2D eigenvalue weighted by Crippen LogP contribution is -2.40. The van der Waals surface area contributed by atoms with E-state index in [0.29, 0.717) is 16.0 Å². The molecule has 0 aliphatic carbocycles. The molecule has 2 aromatic rings. The largest absolute Gasteiger partial charge is 0.463 e. The molecule has 34 heavy (non-hydrogen) atoms. The molecular formula is C24H26BrFN4O3S. The summed E-state index contributed by atoms with van der Waals surface area (Å²) >= 11 is 5.01. The first-order valence-corrected chi connectivity index (χ1v) is 13.1. The third-order valence-electron chi connectivity index (χ3n) is 6.34. The molecule has 3 aliphatic heterocycles. The van der Waals surface area contributed by atoms with Crippen LogP contribution in [0, 0.1) is 11.7 Å². The lowest BCUT2D eigenvalue weighted by atomic mass is 9.93. The van der Waals surface area contributed by atoms with Gasteiger partial charge < -0.3 is 14.4 Å². The van der Waals surface area contributed by atoms with Gasteiger partial charge >= 0.3 is 5.97 Å². The molecule has 0 N–H and O–H groups in total. The van der Waals surface area contributed by atoms with Crippen molar-refractivity contribution in [3.63, 3.8) is 0 Å². The van der Waals surface area contributed by atoms with Crippen molar-refractivity contribution in [3.8, 4) is 0 Å². The minimum absolute atomic E-state index is 0.271. The molecular weight excluding hydrogens is 523 g/mol. The second kappa shape index (κ2) is 10.2. The van der Waals surface area contributed by atoms with Crippen LogP contribution in [0.5, 0.6) is 0 Å². The Hall–Kier alpha value is -2.14. The van der Waals surface area contributed by atoms with Gasteiger partial charge in [0.15, 0.2) is 10.8 Å². The number of esters is 1. The number of hydrogen-bond donors (Lipinski definition) is 0. The highest BCUT2D eigenvalue weighted by Crippen LogP contribution is 2.44. The summed E-state index contributed by atoms with van der Waals surface area (Å²) in [5.74, 6) is 0.355. The maximum absolute atomic E-state index is 13.9. The van der Waals surface area contributed by atoms with Gasteiger partial charge in [0, 0.05) is 47.9 Å². The number of ether oxygens (including phenoxy) is 2. The molecule has 0 bridgehead atoms. The van der Waals surface area contributed by atoms with Gasteiger partial charge in [0.1, 0.15) is 11.9 Å². The maximum atomic E-state index is 13.9. The van der Waals surface area contributed by atoms with E-state index in [1.807, 2.05) is 5.38 Å². The first kappa shape index (κ1) is 23.6. The molecule has 2 saturated heterocycles. The van der Waals surface area contributed by atoms with Gasteiger partial charge in [0.2, 0.25) is 0 Å². The van der Waals surface area contributed by atoms with Crippen molar-refractivity contribution in [2.45, 2.75) is 19.4 Å². The Balaban J connectivity index is 1.58. The summed E-state index contributed by atoms with van der Waals surface area (Å²) in [7, 11) is 0. The third-order valence-corrected chi connectivity index (χ3v) is 7.79. The molecule has 10 heteroatoms. The molecule has 180 valence electrons. The Bertz CT molecular complexity index is 1120. The zero-order valence-electron chi connectivity index (χ0n) is 18.9. The van der Waals surface area contributed by atoms with Crippen molar-refractivity contribution in [1.29, 1.82) is 0 Å². The molecule has 5 rings (SSSR count). The number of halogens is 2. The Morgan fingerprint density at radius 1 is 1.35 bits per heavy atom. The number of morpholine rings is 1. The summed E-state index contributed by atoms with van der Waals surface area (Å²) in [5.41, 5.74) is 2.18. The predicted octanol–water partition coefficient (Wildman–Crippen LogP) is 4.02. The number of rotatable bonds is 6. The topological polar surface area (TPSA) is 67.3 Å². The highest BCUT2D eigenvalue weighted by Gasteiger charge is 2.42. The number of allylic oxidation sites excluding steroid dienone is 1. The minimum atomic E-state index is -0.610. The van der Waals surface area contributed by atoms with Crippen molar-refractivity contribution < 1.29 is 18.7 Å². The summed E-state index contributed by atoms with van der Waals surface area (Å²) in [6.45, 7) is 7.08. The van der Waals surface area contributed by atoms with Crippen LogP contribution in [0.2, 0.25) is 0 Å². The first-order valence-electron chi connectivity index (χ1n) is 11.5. The Kier molecular flexibility index (Phi) is 7.10. The fourth-order valence-electron chi connectivity index (χ4n) is 4.86. The van der Waals surface area contributed by atoms with Crippen molar-refractivity contribution >= 4 is 39.1 Å². The van der Waals surface area contributed by atoms with Crippen molar-refractivity contribution in [2.75, 3.05) is 46.0 Å². The van der Waals surface area contributed by atoms with E-state index in [2.05, 4.69) is 30.7 Å². The smallest absolute Gasteiger partial charge is 0.338 e. The normalized spacial score (nSPS) is 23.1. The summed E-state index contributed by atoms with van der Waals surface area (Å²) < 4.78 is 25.4.